The van der Waals surface area contributed by atoms with E-state index in [9.17, 15) is 5.11 Å². The Morgan fingerprint density at radius 1 is 1.13 bits per heavy atom. The Labute approximate surface area is 94.5 Å². The second-order valence-corrected chi connectivity index (χ2v) is 5.10. The molecule has 0 aromatic carbocycles. The monoisotopic (exact) mass is 213 g/mol. The molecule has 1 rings (SSSR count). The molecule has 0 spiro atoms. The molecule has 1 aliphatic heterocycles. The molecule has 0 aromatic heterocycles. The van der Waals surface area contributed by atoms with Gasteiger partial charge in [-0.15, -0.1) is 0 Å². The maximum atomic E-state index is 9.42. The summed E-state index contributed by atoms with van der Waals surface area (Å²) in [6, 6.07) is 0. The van der Waals surface area contributed by atoms with Gasteiger partial charge in [0.2, 0.25) is 0 Å². The molecule has 90 valence electrons. The van der Waals surface area contributed by atoms with Crippen LogP contribution in [0.1, 0.15) is 58.3 Å². The van der Waals surface area contributed by atoms with Gasteiger partial charge >= 0.3 is 0 Å². The Kier molecular flexibility index (Phi) is 6.26. The highest BCUT2D eigenvalue weighted by Gasteiger charge is 2.32. The van der Waals surface area contributed by atoms with Crippen molar-refractivity contribution < 1.29 is 5.11 Å². The molecule has 1 aliphatic rings. The highest BCUT2D eigenvalue weighted by atomic mass is 16.3. The zero-order valence-corrected chi connectivity index (χ0v) is 10.2. The van der Waals surface area contributed by atoms with Crippen molar-refractivity contribution in [3.05, 3.63) is 0 Å². The van der Waals surface area contributed by atoms with Crippen molar-refractivity contribution in [1.29, 1.82) is 0 Å². The number of nitrogens with one attached hydrogen (secondary N) is 1. The SMILES string of the molecule is CCCCCCCCC1(CO)CCNC1. The van der Waals surface area contributed by atoms with Gasteiger partial charge in [0, 0.05) is 18.6 Å². The Balaban J connectivity index is 2.02. The Bertz CT molecular complexity index is 153. The second-order valence-electron chi connectivity index (χ2n) is 5.10. The molecule has 0 saturated carbocycles. The number of aliphatic hydroxyl groups excluding tert-OH is 1. The van der Waals surface area contributed by atoms with Gasteiger partial charge in [-0.05, 0) is 19.4 Å². The summed E-state index contributed by atoms with van der Waals surface area (Å²) in [4.78, 5) is 0. The number of aliphatic hydroxyl groups is 1. The van der Waals surface area contributed by atoms with Gasteiger partial charge in [0.1, 0.15) is 0 Å². The maximum absolute atomic E-state index is 9.42. The van der Waals surface area contributed by atoms with E-state index in [2.05, 4.69) is 12.2 Å². The highest BCUT2D eigenvalue weighted by Crippen LogP contribution is 2.31. The predicted molar refractivity (Wildman–Crippen MR) is 65.0 cm³/mol. The normalized spacial score (nSPS) is 26.0. The molecule has 0 radical (unpaired) electrons. The third kappa shape index (κ3) is 4.52. The Hall–Kier alpha value is -0.0800. The van der Waals surface area contributed by atoms with Crippen molar-refractivity contribution in [1.82, 2.24) is 5.32 Å². The fourth-order valence-electron chi connectivity index (χ4n) is 2.50. The van der Waals surface area contributed by atoms with Gasteiger partial charge in [0.05, 0.1) is 0 Å². The lowest BCUT2D eigenvalue weighted by molar-refractivity contribution is 0.130. The molecule has 1 heterocycles. The summed E-state index contributed by atoms with van der Waals surface area (Å²) in [6.07, 6.45) is 10.5. The standard InChI is InChI=1S/C13H27NO/c1-2-3-4-5-6-7-8-13(12-15)9-10-14-11-13/h14-15H,2-12H2,1H3. The van der Waals surface area contributed by atoms with E-state index < -0.39 is 0 Å². The molecule has 15 heavy (non-hydrogen) atoms. The van der Waals surface area contributed by atoms with Gasteiger partial charge in [0.25, 0.3) is 0 Å². The van der Waals surface area contributed by atoms with Crippen LogP contribution in [-0.2, 0) is 0 Å². The van der Waals surface area contributed by atoms with E-state index >= 15 is 0 Å². The van der Waals surface area contributed by atoms with E-state index in [0.717, 1.165) is 13.1 Å². The van der Waals surface area contributed by atoms with Crippen LogP contribution < -0.4 is 5.32 Å². The number of unbranched alkanes of at least 4 members (excludes halogenated alkanes) is 5. The summed E-state index contributed by atoms with van der Waals surface area (Å²) in [7, 11) is 0. The summed E-state index contributed by atoms with van der Waals surface area (Å²) in [6.45, 7) is 4.74. The Morgan fingerprint density at radius 3 is 2.47 bits per heavy atom. The van der Waals surface area contributed by atoms with Gasteiger partial charge in [-0.3, -0.25) is 0 Å². The van der Waals surface area contributed by atoms with Crippen molar-refractivity contribution >= 4 is 0 Å². The second kappa shape index (κ2) is 7.24. The van der Waals surface area contributed by atoms with Crippen molar-refractivity contribution in [3.8, 4) is 0 Å². The van der Waals surface area contributed by atoms with E-state index in [1.807, 2.05) is 0 Å². The third-order valence-electron chi connectivity index (χ3n) is 3.73. The molecule has 2 nitrogen and oxygen atoms in total. The summed E-state index contributed by atoms with van der Waals surface area (Å²) in [5, 5.41) is 12.8. The van der Waals surface area contributed by atoms with E-state index in [4.69, 9.17) is 0 Å². The fourth-order valence-corrected chi connectivity index (χ4v) is 2.50. The number of hydrogen-bond acceptors (Lipinski definition) is 2. The zero-order valence-electron chi connectivity index (χ0n) is 10.2. The minimum absolute atomic E-state index is 0.227. The van der Waals surface area contributed by atoms with Crippen LogP contribution in [0.2, 0.25) is 0 Å². The number of hydrogen-bond donors (Lipinski definition) is 2. The molecule has 0 bridgehead atoms. The molecule has 2 heteroatoms. The highest BCUT2D eigenvalue weighted by molar-refractivity contribution is 4.86. The average molecular weight is 213 g/mol. The lowest BCUT2D eigenvalue weighted by atomic mass is 9.82. The van der Waals surface area contributed by atoms with E-state index in [1.165, 1.54) is 51.4 Å². The van der Waals surface area contributed by atoms with Crippen LogP contribution in [0.3, 0.4) is 0 Å². The fraction of sp³-hybridized carbons (Fsp3) is 1.00. The minimum atomic E-state index is 0.227. The van der Waals surface area contributed by atoms with Crippen molar-refractivity contribution in [2.24, 2.45) is 5.41 Å². The van der Waals surface area contributed by atoms with Crippen molar-refractivity contribution in [3.63, 3.8) is 0 Å². The smallest absolute Gasteiger partial charge is 0.0500 e. The van der Waals surface area contributed by atoms with Crippen LogP contribution in [0.15, 0.2) is 0 Å². The average Bonchev–Trinajstić information content (AvgIpc) is 2.73. The quantitative estimate of drug-likeness (QED) is 0.608. The van der Waals surface area contributed by atoms with Crippen LogP contribution in [0.4, 0.5) is 0 Å². The molecule has 1 atom stereocenters. The summed E-state index contributed by atoms with van der Waals surface area (Å²) in [5.74, 6) is 0. The molecule has 1 saturated heterocycles. The first-order valence-electron chi connectivity index (χ1n) is 6.64. The van der Waals surface area contributed by atoms with Crippen LogP contribution in [0.5, 0.6) is 0 Å². The van der Waals surface area contributed by atoms with Crippen LogP contribution >= 0.6 is 0 Å². The molecule has 0 aliphatic carbocycles. The molecule has 1 fully saturated rings. The van der Waals surface area contributed by atoms with E-state index in [-0.39, 0.29) is 5.41 Å². The van der Waals surface area contributed by atoms with Gasteiger partial charge in [-0.25, -0.2) is 0 Å². The summed E-state index contributed by atoms with van der Waals surface area (Å²) < 4.78 is 0. The molecular weight excluding hydrogens is 186 g/mol. The first-order valence-corrected chi connectivity index (χ1v) is 6.64. The van der Waals surface area contributed by atoms with Gasteiger partial charge < -0.3 is 10.4 Å². The molecule has 1 unspecified atom stereocenters. The first kappa shape index (κ1) is 13.0. The van der Waals surface area contributed by atoms with Crippen LogP contribution in [-0.4, -0.2) is 24.8 Å². The molecule has 0 amide bonds. The summed E-state index contributed by atoms with van der Waals surface area (Å²) in [5.41, 5.74) is 0.227. The molecular formula is C13H27NO. The summed E-state index contributed by atoms with van der Waals surface area (Å²) >= 11 is 0. The van der Waals surface area contributed by atoms with Gasteiger partial charge in [0.15, 0.2) is 0 Å². The largest absolute Gasteiger partial charge is 0.396 e. The van der Waals surface area contributed by atoms with Gasteiger partial charge in [-0.1, -0.05) is 45.4 Å². The topological polar surface area (TPSA) is 32.3 Å². The lowest BCUT2D eigenvalue weighted by Gasteiger charge is -2.25. The van der Waals surface area contributed by atoms with E-state index in [0.29, 0.717) is 6.61 Å². The van der Waals surface area contributed by atoms with Crippen molar-refractivity contribution in [2.45, 2.75) is 58.3 Å². The van der Waals surface area contributed by atoms with E-state index in [1.54, 1.807) is 0 Å². The van der Waals surface area contributed by atoms with Gasteiger partial charge in [-0.2, -0.15) is 0 Å². The Morgan fingerprint density at radius 2 is 1.87 bits per heavy atom. The van der Waals surface area contributed by atoms with Crippen LogP contribution in [0, 0.1) is 5.41 Å². The molecule has 0 aromatic rings. The molecule has 2 N–H and O–H groups in total. The predicted octanol–water partition coefficient (Wildman–Crippen LogP) is 2.71. The minimum Gasteiger partial charge on any atom is -0.396 e. The lowest BCUT2D eigenvalue weighted by Crippen LogP contribution is -2.28. The maximum Gasteiger partial charge on any atom is 0.0500 e. The van der Waals surface area contributed by atoms with Crippen LogP contribution in [0.25, 0.3) is 0 Å². The number of rotatable bonds is 8. The first-order chi connectivity index (χ1) is 7.33. The van der Waals surface area contributed by atoms with Crippen molar-refractivity contribution in [2.75, 3.05) is 19.7 Å². The third-order valence-corrected chi connectivity index (χ3v) is 3.73. The zero-order chi connectivity index (χ0) is 11.0.